The Morgan fingerprint density at radius 3 is 2.27 bits per heavy atom. The van der Waals surface area contributed by atoms with E-state index in [1.54, 1.807) is 42.9 Å². The lowest BCUT2D eigenvalue weighted by molar-refractivity contribution is -0.136. The van der Waals surface area contributed by atoms with Crippen LogP contribution in [0, 0.1) is 5.41 Å². The Bertz CT molecular complexity index is 2280. The van der Waals surface area contributed by atoms with Crippen molar-refractivity contribution in [2.75, 3.05) is 79.0 Å². The summed E-state index contributed by atoms with van der Waals surface area (Å²) in [7, 11) is 9.02. The summed E-state index contributed by atoms with van der Waals surface area (Å²) in [5, 5.41) is 5.33. The standard InChI is InChI=1S/C44H54N8O8/c1-47(2)22-34-36(59-4)19-27(20-37(34)60-5)32-23-48(3)40(55)33-24-50(16-11-29(32)33)43(58)45-14-6-15-49-17-12-44(13-18-49)25-51(26-44)28-7-8-30-31(21-28)42(57)52(41(30)56)35-9-10-38(53)46-39(35)54/h7-8,19-21,23,35H,6,9-18,22,24-26H2,1-5H3,(H,45,58)(H,46,53,54). The van der Waals surface area contributed by atoms with Crippen LogP contribution in [-0.2, 0) is 36.1 Å². The zero-order valence-corrected chi connectivity index (χ0v) is 35.1. The number of aryl methyl sites for hydroxylation is 1. The van der Waals surface area contributed by atoms with Crippen LogP contribution in [0.2, 0.25) is 0 Å². The van der Waals surface area contributed by atoms with Gasteiger partial charge in [-0.05, 0) is 107 Å². The Morgan fingerprint density at radius 1 is 0.900 bits per heavy atom. The van der Waals surface area contributed by atoms with Crippen molar-refractivity contribution in [1.82, 2.24) is 34.8 Å². The zero-order chi connectivity index (χ0) is 42.5. The number of benzene rings is 2. The minimum atomic E-state index is -0.981. The highest BCUT2D eigenvalue weighted by molar-refractivity contribution is 6.23. The topological polar surface area (TPSA) is 166 Å². The highest BCUT2D eigenvalue weighted by atomic mass is 16.5. The van der Waals surface area contributed by atoms with E-state index in [1.165, 1.54) is 0 Å². The van der Waals surface area contributed by atoms with Crippen LogP contribution in [0.4, 0.5) is 10.5 Å². The molecule has 1 aromatic heterocycles. The number of hydrogen-bond acceptors (Lipinski definition) is 11. The number of carbonyl (C=O) groups excluding carboxylic acids is 5. The van der Waals surface area contributed by atoms with Crippen molar-refractivity contribution in [3.8, 4) is 22.6 Å². The van der Waals surface area contributed by atoms with Crippen molar-refractivity contribution < 1.29 is 33.4 Å². The molecule has 16 nitrogen and oxygen atoms in total. The number of rotatable bonds is 11. The molecule has 0 radical (unpaired) electrons. The van der Waals surface area contributed by atoms with E-state index >= 15 is 0 Å². The molecule has 3 saturated heterocycles. The molecule has 2 aromatic carbocycles. The van der Waals surface area contributed by atoms with Crippen LogP contribution in [0.25, 0.3) is 11.1 Å². The van der Waals surface area contributed by atoms with Crippen molar-refractivity contribution >= 4 is 35.3 Å². The number of urea groups is 1. The van der Waals surface area contributed by atoms with Gasteiger partial charge < -0.3 is 39.0 Å². The number of aromatic nitrogens is 1. The molecule has 5 aliphatic rings. The molecule has 5 aliphatic heterocycles. The number of anilines is 1. The Kier molecular flexibility index (Phi) is 11.2. The number of nitrogens with zero attached hydrogens (tertiary/aromatic N) is 6. The van der Waals surface area contributed by atoms with E-state index in [-0.39, 0.29) is 42.0 Å². The number of hydrogen-bond donors (Lipinski definition) is 2. The zero-order valence-electron chi connectivity index (χ0n) is 35.1. The lowest BCUT2D eigenvalue weighted by Gasteiger charge is -2.55. The van der Waals surface area contributed by atoms with Crippen molar-refractivity contribution in [3.05, 3.63) is 74.7 Å². The predicted octanol–water partition coefficient (Wildman–Crippen LogP) is 2.59. The smallest absolute Gasteiger partial charge is 0.317 e. The first-order valence-electron chi connectivity index (χ1n) is 20.8. The Labute approximate surface area is 349 Å². The third kappa shape index (κ3) is 7.62. The molecule has 0 aliphatic carbocycles. The van der Waals surface area contributed by atoms with Gasteiger partial charge in [-0.2, -0.15) is 0 Å². The van der Waals surface area contributed by atoms with Crippen LogP contribution >= 0.6 is 0 Å². The molecule has 1 spiro atoms. The summed E-state index contributed by atoms with van der Waals surface area (Å²) in [6.45, 7) is 6.45. The average molecular weight is 823 g/mol. The van der Waals surface area contributed by atoms with Gasteiger partial charge in [0.1, 0.15) is 17.5 Å². The fourth-order valence-electron chi connectivity index (χ4n) is 9.61. The third-order valence-corrected chi connectivity index (χ3v) is 12.9. The molecule has 6 heterocycles. The summed E-state index contributed by atoms with van der Waals surface area (Å²) in [5.41, 5.74) is 5.89. The van der Waals surface area contributed by atoms with E-state index in [0.717, 1.165) is 84.8 Å². The number of pyridine rings is 1. The molecule has 2 N–H and O–H groups in total. The summed E-state index contributed by atoms with van der Waals surface area (Å²) < 4.78 is 13.2. The maximum Gasteiger partial charge on any atom is 0.317 e. The van der Waals surface area contributed by atoms with E-state index in [2.05, 4.69) is 25.3 Å². The number of piperidine rings is 2. The SMILES string of the molecule is COc1cc(-c2cn(C)c(=O)c3c2CCN(C(=O)NCCCN2CCC4(CC2)CN(c2ccc5c(c2)C(=O)N(C2CCC(=O)NC2=O)C5=O)C4)C3)cc(OC)c1CN(C)C. The average Bonchev–Trinajstić information content (AvgIpc) is 3.47. The molecule has 60 heavy (non-hydrogen) atoms. The number of fused-ring (bicyclic) bond motifs is 2. The summed E-state index contributed by atoms with van der Waals surface area (Å²) in [6, 6.07) is 8.15. The highest BCUT2D eigenvalue weighted by Crippen LogP contribution is 2.44. The number of methoxy groups -OCH3 is 2. The van der Waals surface area contributed by atoms with E-state index in [4.69, 9.17) is 9.47 Å². The minimum Gasteiger partial charge on any atom is -0.496 e. The van der Waals surface area contributed by atoms with Gasteiger partial charge in [-0.1, -0.05) is 0 Å². The van der Waals surface area contributed by atoms with Gasteiger partial charge >= 0.3 is 6.03 Å². The second-order valence-corrected chi connectivity index (χ2v) is 17.1. The number of nitrogens with one attached hydrogen (secondary N) is 2. The van der Waals surface area contributed by atoms with Gasteiger partial charge in [0.05, 0.1) is 37.5 Å². The van der Waals surface area contributed by atoms with Crippen molar-refractivity contribution in [3.63, 3.8) is 0 Å². The molecule has 16 heteroatoms. The molecule has 1 unspecified atom stereocenters. The van der Waals surface area contributed by atoms with Crippen molar-refractivity contribution in [1.29, 1.82) is 0 Å². The van der Waals surface area contributed by atoms with Crippen molar-refractivity contribution in [2.24, 2.45) is 12.5 Å². The molecule has 6 amide bonds. The second-order valence-electron chi connectivity index (χ2n) is 17.1. The maximum absolute atomic E-state index is 13.4. The second kappa shape index (κ2) is 16.4. The largest absolute Gasteiger partial charge is 0.496 e. The number of imide groups is 2. The van der Waals surface area contributed by atoms with E-state index < -0.39 is 29.7 Å². The monoisotopic (exact) mass is 822 g/mol. The fraction of sp³-hybridized carbons (Fsp3) is 0.500. The molecule has 1 atom stereocenters. The van der Waals surface area contributed by atoms with Crippen LogP contribution in [0.15, 0.2) is 41.3 Å². The maximum atomic E-state index is 13.4. The van der Waals surface area contributed by atoms with Gasteiger partial charge in [0.25, 0.3) is 17.4 Å². The predicted molar refractivity (Wildman–Crippen MR) is 223 cm³/mol. The van der Waals surface area contributed by atoms with Gasteiger partial charge in [0.2, 0.25) is 11.8 Å². The molecule has 3 aromatic rings. The normalized spacial score (nSPS) is 20.0. The lowest BCUT2D eigenvalue weighted by atomic mass is 9.71. The number of likely N-dealkylation sites (tertiary alicyclic amines) is 1. The van der Waals surface area contributed by atoms with Crippen LogP contribution in [-0.4, -0.2) is 134 Å². The molecule has 318 valence electrons. The van der Waals surface area contributed by atoms with Crippen LogP contribution in [0.1, 0.15) is 69.5 Å². The van der Waals surface area contributed by atoms with Crippen LogP contribution in [0.5, 0.6) is 11.5 Å². The van der Waals surface area contributed by atoms with Gasteiger partial charge in [0.15, 0.2) is 0 Å². The first kappa shape index (κ1) is 41.0. The highest BCUT2D eigenvalue weighted by Gasteiger charge is 2.47. The fourth-order valence-corrected chi connectivity index (χ4v) is 9.61. The summed E-state index contributed by atoms with van der Waals surface area (Å²) in [6.07, 6.45) is 5.54. The van der Waals surface area contributed by atoms with Crippen LogP contribution in [0.3, 0.4) is 0 Å². The molecular weight excluding hydrogens is 769 g/mol. The number of amides is 6. The van der Waals surface area contributed by atoms with Crippen LogP contribution < -0.4 is 30.6 Å². The molecule has 0 bridgehead atoms. The van der Waals surface area contributed by atoms with Gasteiger partial charge in [0, 0.05) is 74.6 Å². The Hall–Kier alpha value is -5.74. The Morgan fingerprint density at radius 2 is 1.60 bits per heavy atom. The van der Waals surface area contributed by atoms with E-state index in [1.807, 2.05) is 38.5 Å². The molecule has 0 saturated carbocycles. The Balaban J connectivity index is 0.807. The summed E-state index contributed by atoms with van der Waals surface area (Å²) in [4.78, 5) is 86.8. The van der Waals surface area contributed by atoms with Gasteiger partial charge in [-0.25, -0.2) is 4.79 Å². The minimum absolute atomic E-state index is 0.0852. The summed E-state index contributed by atoms with van der Waals surface area (Å²) >= 11 is 0. The van der Waals surface area contributed by atoms with Gasteiger partial charge in [-0.15, -0.1) is 0 Å². The summed E-state index contributed by atoms with van der Waals surface area (Å²) in [5.74, 6) is -0.573. The van der Waals surface area contributed by atoms with E-state index in [0.29, 0.717) is 48.7 Å². The molecule has 8 rings (SSSR count). The quantitative estimate of drug-likeness (QED) is 0.216. The molecule has 3 fully saturated rings. The number of ether oxygens (including phenoxy) is 2. The third-order valence-electron chi connectivity index (χ3n) is 12.9. The van der Waals surface area contributed by atoms with E-state index in [9.17, 15) is 28.8 Å². The van der Waals surface area contributed by atoms with Gasteiger partial charge in [-0.3, -0.25) is 34.2 Å². The number of carbonyl (C=O) groups is 5. The first-order valence-corrected chi connectivity index (χ1v) is 20.8. The van der Waals surface area contributed by atoms with Crippen molar-refractivity contribution in [2.45, 2.75) is 57.7 Å². The first-order chi connectivity index (χ1) is 28.8. The molecular formula is C44H54N8O8. The lowest BCUT2D eigenvalue weighted by Crippen LogP contribution is -2.60.